The Morgan fingerprint density at radius 2 is 1.39 bits per heavy atom. The first kappa shape index (κ1) is 17.3. The molecule has 0 N–H and O–H groups in total. The van der Waals surface area contributed by atoms with Gasteiger partial charge in [0.25, 0.3) is 0 Å². The average molecular weight is 338 g/mol. The van der Waals surface area contributed by atoms with Crippen molar-refractivity contribution in [3.8, 4) is 5.75 Å². The number of benzene rings is 1. The zero-order valence-corrected chi connectivity index (χ0v) is 12.5. The molecule has 0 unspecified atom stereocenters. The molecule has 1 aromatic carbocycles. The van der Waals surface area contributed by atoms with Crippen molar-refractivity contribution >= 4 is 6.03 Å². The number of piperidine rings is 1. The van der Waals surface area contributed by atoms with Crippen LogP contribution >= 0.6 is 0 Å². The highest BCUT2D eigenvalue weighted by Gasteiger charge is 2.31. The summed E-state index contributed by atoms with van der Waals surface area (Å²) in [5, 5.41) is 0. The van der Waals surface area contributed by atoms with E-state index in [0.717, 1.165) is 0 Å². The highest BCUT2D eigenvalue weighted by Crippen LogP contribution is 2.31. The molecule has 0 bridgehead atoms. The van der Waals surface area contributed by atoms with Gasteiger partial charge >= 0.3 is 6.03 Å². The molecule has 0 saturated carbocycles. The smallest absolute Gasteiger partial charge is 0.319 e. The summed E-state index contributed by atoms with van der Waals surface area (Å²) in [7, 11) is 3.17. The fraction of sp³-hybridized carbons (Fsp3) is 0.500. The number of hydrogen-bond acceptors (Lipinski definition) is 2. The van der Waals surface area contributed by atoms with Gasteiger partial charge in [-0.25, -0.2) is 18.0 Å². The summed E-state index contributed by atoms with van der Waals surface area (Å²) in [5.74, 6) is -11.6. The van der Waals surface area contributed by atoms with Crippen molar-refractivity contribution in [2.45, 2.75) is 18.9 Å². The highest BCUT2D eigenvalue weighted by atomic mass is 19.2. The number of urea groups is 1. The molecule has 23 heavy (non-hydrogen) atoms. The summed E-state index contributed by atoms with van der Waals surface area (Å²) in [4.78, 5) is 14.6. The van der Waals surface area contributed by atoms with E-state index in [9.17, 15) is 26.7 Å². The van der Waals surface area contributed by atoms with E-state index in [1.807, 2.05) is 0 Å². The summed E-state index contributed by atoms with van der Waals surface area (Å²) in [6, 6.07) is -0.223. The quantitative estimate of drug-likeness (QED) is 0.472. The van der Waals surface area contributed by atoms with Crippen molar-refractivity contribution in [3.05, 3.63) is 29.1 Å². The molecule has 0 radical (unpaired) electrons. The topological polar surface area (TPSA) is 32.8 Å². The number of carbonyl (C=O) groups is 1. The average Bonchev–Trinajstić information content (AvgIpc) is 2.55. The molecule has 0 aromatic heterocycles. The van der Waals surface area contributed by atoms with E-state index < -0.39 is 40.9 Å². The number of ether oxygens (including phenoxy) is 1. The molecule has 2 amide bonds. The molecule has 0 aliphatic carbocycles. The molecule has 4 nitrogen and oxygen atoms in total. The van der Waals surface area contributed by atoms with Gasteiger partial charge in [0.05, 0.1) is 0 Å². The van der Waals surface area contributed by atoms with Gasteiger partial charge in [0.2, 0.25) is 29.1 Å². The van der Waals surface area contributed by atoms with Crippen LogP contribution in [0.3, 0.4) is 0 Å². The van der Waals surface area contributed by atoms with Crippen LogP contribution in [0.1, 0.15) is 12.8 Å². The zero-order valence-electron chi connectivity index (χ0n) is 12.5. The fourth-order valence-corrected chi connectivity index (χ4v) is 2.30. The third kappa shape index (κ3) is 3.32. The number of halogens is 5. The number of hydrogen-bond donors (Lipinski definition) is 0. The van der Waals surface area contributed by atoms with Crippen molar-refractivity contribution in [2.75, 3.05) is 27.2 Å². The molecular weight excluding hydrogens is 323 g/mol. The molecule has 1 heterocycles. The number of amides is 2. The van der Waals surface area contributed by atoms with E-state index in [-0.39, 0.29) is 32.0 Å². The molecular formula is C14H15F5N2O2. The summed E-state index contributed by atoms with van der Waals surface area (Å²) in [6.45, 7) is 0.522. The van der Waals surface area contributed by atoms with Crippen LogP contribution in [0.25, 0.3) is 0 Å². The largest absolute Gasteiger partial charge is 0.484 e. The number of rotatable bonds is 2. The third-order valence-electron chi connectivity index (χ3n) is 3.55. The van der Waals surface area contributed by atoms with Crippen molar-refractivity contribution in [1.29, 1.82) is 0 Å². The second kappa shape index (κ2) is 6.59. The molecule has 1 fully saturated rings. The first-order valence-corrected chi connectivity index (χ1v) is 6.88. The SMILES string of the molecule is CN(C)C(=O)N1CCC(Oc2c(F)c(F)c(F)c(F)c2F)CC1. The maximum Gasteiger partial charge on any atom is 0.319 e. The van der Waals surface area contributed by atoms with Gasteiger partial charge in [0.15, 0.2) is 5.75 Å². The third-order valence-corrected chi connectivity index (χ3v) is 3.55. The summed E-state index contributed by atoms with van der Waals surface area (Å²) < 4.78 is 71.3. The van der Waals surface area contributed by atoms with Crippen molar-refractivity contribution in [3.63, 3.8) is 0 Å². The van der Waals surface area contributed by atoms with E-state index in [4.69, 9.17) is 4.74 Å². The van der Waals surface area contributed by atoms with Crippen LogP contribution in [0.15, 0.2) is 0 Å². The van der Waals surface area contributed by atoms with Gasteiger partial charge in [-0.15, -0.1) is 0 Å². The first-order chi connectivity index (χ1) is 10.7. The van der Waals surface area contributed by atoms with Crippen molar-refractivity contribution in [1.82, 2.24) is 9.80 Å². The predicted molar refractivity (Wildman–Crippen MR) is 70.5 cm³/mol. The van der Waals surface area contributed by atoms with Gasteiger partial charge in [0, 0.05) is 40.0 Å². The Balaban J connectivity index is 2.10. The highest BCUT2D eigenvalue weighted by molar-refractivity contribution is 5.73. The Hall–Kier alpha value is -2.06. The van der Waals surface area contributed by atoms with Crippen LogP contribution in [0.4, 0.5) is 26.7 Å². The minimum atomic E-state index is -2.22. The van der Waals surface area contributed by atoms with Gasteiger partial charge in [-0.1, -0.05) is 0 Å². The predicted octanol–water partition coefficient (Wildman–Crippen LogP) is 2.91. The second-order valence-corrected chi connectivity index (χ2v) is 5.38. The zero-order chi connectivity index (χ0) is 17.3. The Bertz CT molecular complexity index is 587. The molecule has 2 rings (SSSR count). The van der Waals surface area contributed by atoms with E-state index in [1.165, 1.54) is 9.80 Å². The molecule has 9 heteroatoms. The Labute approximate surface area is 129 Å². The summed E-state index contributed by atoms with van der Waals surface area (Å²) in [5.41, 5.74) is 0. The van der Waals surface area contributed by atoms with E-state index in [2.05, 4.69) is 0 Å². The molecule has 1 aliphatic heterocycles. The van der Waals surface area contributed by atoms with E-state index >= 15 is 0 Å². The summed E-state index contributed by atoms with van der Waals surface area (Å²) >= 11 is 0. The fourth-order valence-electron chi connectivity index (χ4n) is 2.30. The number of nitrogens with zero attached hydrogens (tertiary/aromatic N) is 2. The van der Waals surface area contributed by atoms with Crippen LogP contribution < -0.4 is 4.74 Å². The van der Waals surface area contributed by atoms with E-state index in [0.29, 0.717) is 0 Å². The first-order valence-electron chi connectivity index (χ1n) is 6.88. The minimum Gasteiger partial charge on any atom is -0.484 e. The van der Waals surface area contributed by atoms with Crippen LogP contribution in [0.2, 0.25) is 0 Å². The van der Waals surface area contributed by atoms with Gasteiger partial charge in [-0.3, -0.25) is 0 Å². The normalized spacial score (nSPS) is 15.7. The monoisotopic (exact) mass is 338 g/mol. The molecule has 1 aromatic rings. The van der Waals surface area contributed by atoms with Crippen LogP contribution in [-0.2, 0) is 0 Å². The number of carbonyl (C=O) groups excluding carboxylic acids is 1. The maximum absolute atomic E-state index is 13.6. The molecule has 0 spiro atoms. The van der Waals surface area contributed by atoms with Crippen molar-refractivity contribution < 1.29 is 31.5 Å². The van der Waals surface area contributed by atoms with E-state index in [1.54, 1.807) is 14.1 Å². The molecule has 128 valence electrons. The second-order valence-electron chi connectivity index (χ2n) is 5.38. The molecule has 1 aliphatic rings. The summed E-state index contributed by atoms with van der Waals surface area (Å²) in [6.07, 6.45) is -0.299. The molecule has 1 saturated heterocycles. The minimum absolute atomic E-state index is 0.221. The Morgan fingerprint density at radius 3 is 1.83 bits per heavy atom. The lowest BCUT2D eigenvalue weighted by Gasteiger charge is -2.33. The van der Waals surface area contributed by atoms with Crippen molar-refractivity contribution in [2.24, 2.45) is 0 Å². The van der Waals surface area contributed by atoms with Crippen LogP contribution in [-0.4, -0.2) is 49.1 Å². The van der Waals surface area contributed by atoms with Crippen LogP contribution in [0, 0.1) is 29.1 Å². The Kier molecular flexibility index (Phi) is 4.96. The maximum atomic E-state index is 13.6. The van der Waals surface area contributed by atoms with Gasteiger partial charge in [0.1, 0.15) is 6.10 Å². The standard InChI is InChI=1S/C14H15F5N2O2/c1-20(2)14(22)21-5-3-7(4-6-21)23-13-11(18)9(16)8(15)10(17)12(13)19/h7H,3-6H2,1-2H3. The molecule has 0 atom stereocenters. The Morgan fingerprint density at radius 1 is 0.957 bits per heavy atom. The van der Waals surface area contributed by atoms with Gasteiger partial charge in [-0.2, -0.15) is 8.78 Å². The lowest BCUT2D eigenvalue weighted by atomic mass is 10.1. The van der Waals surface area contributed by atoms with Crippen LogP contribution in [0.5, 0.6) is 5.75 Å². The lowest BCUT2D eigenvalue weighted by Crippen LogP contribution is -2.46. The lowest BCUT2D eigenvalue weighted by molar-refractivity contribution is 0.0933. The number of likely N-dealkylation sites (tertiary alicyclic amines) is 1. The van der Waals surface area contributed by atoms with Gasteiger partial charge in [-0.05, 0) is 0 Å². The van der Waals surface area contributed by atoms with Gasteiger partial charge < -0.3 is 14.5 Å².